The van der Waals surface area contributed by atoms with Gasteiger partial charge in [0.15, 0.2) is 5.82 Å². The molecule has 0 bridgehead atoms. The highest BCUT2D eigenvalue weighted by Gasteiger charge is 2.04. The molecule has 2 rings (SSSR count). The number of nitrogens with one attached hydrogen (secondary N) is 2. The maximum atomic E-state index is 10.8. The summed E-state index contributed by atoms with van der Waals surface area (Å²) in [6.45, 7) is 3.22. The van der Waals surface area contributed by atoms with E-state index in [2.05, 4.69) is 20.6 Å². The largest absolute Gasteiger partial charge is 0.366 e. The first-order chi connectivity index (χ1) is 13.5. The SMILES string of the molecule is Cc1csc(CSCCN/C(=C\[N+](=O)[O-])NCCSCc2ncccc2Cl)n1. The van der Waals surface area contributed by atoms with Gasteiger partial charge in [-0.2, -0.15) is 23.5 Å². The van der Waals surface area contributed by atoms with Gasteiger partial charge in [0.05, 0.1) is 15.6 Å². The normalized spacial score (nSPS) is 11.4. The standard InChI is InChI=1S/C17H22ClN5O2S3/c1-13-10-28-17(22-13)12-27-8-6-21-16(9-23(24)25)20-5-7-26-11-15-14(18)3-2-4-19-15/h2-4,9-10,20-21H,5-8,11-12H2,1H3/b16-9-. The Morgan fingerprint density at radius 2 is 2.04 bits per heavy atom. The van der Waals surface area contributed by atoms with Crippen molar-refractivity contribution in [1.82, 2.24) is 20.6 Å². The van der Waals surface area contributed by atoms with Crippen LogP contribution in [0.1, 0.15) is 16.4 Å². The molecule has 28 heavy (non-hydrogen) atoms. The Morgan fingerprint density at radius 3 is 2.64 bits per heavy atom. The summed E-state index contributed by atoms with van der Waals surface area (Å²) < 4.78 is 0. The fourth-order valence-electron chi connectivity index (χ4n) is 2.10. The number of nitrogens with zero attached hydrogens (tertiary/aromatic N) is 3. The molecule has 0 radical (unpaired) electrons. The summed E-state index contributed by atoms with van der Waals surface area (Å²) in [6, 6.07) is 3.62. The van der Waals surface area contributed by atoms with Crippen LogP contribution in [0.25, 0.3) is 0 Å². The van der Waals surface area contributed by atoms with Gasteiger partial charge >= 0.3 is 0 Å². The van der Waals surface area contributed by atoms with E-state index in [4.69, 9.17) is 11.6 Å². The van der Waals surface area contributed by atoms with Crippen molar-refractivity contribution in [2.45, 2.75) is 18.4 Å². The molecule has 0 aliphatic carbocycles. The molecular formula is C17H22ClN5O2S3. The third-order valence-corrected chi connectivity index (χ3v) is 6.76. The lowest BCUT2D eigenvalue weighted by Crippen LogP contribution is -2.30. The van der Waals surface area contributed by atoms with E-state index in [1.165, 1.54) is 0 Å². The minimum atomic E-state index is -0.457. The molecule has 0 atom stereocenters. The molecule has 0 aliphatic heterocycles. The lowest BCUT2D eigenvalue weighted by molar-refractivity contribution is -0.404. The van der Waals surface area contributed by atoms with Crippen molar-refractivity contribution < 1.29 is 4.92 Å². The number of halogens is 1. The van der Waals surface area contributed by atoms with Crippen molar-refractivity contribution in [2.75, 3.05) is 24.6 Å². The zero-order valence-corrected chi connectivity index (χ0v) is 18.6. The van der Waals surface area contributed by atoms with Crippen molar-refractivity contribution in [1.29, 1.82) is 0 Å². The molecule has 0 amide bonds. The Bertz CT molecular complexity index is 788. The number of nitro groups is 1. The van der Waals surface area contributed by atoms with Gasteiger partial charge in [-0.1, -0.05) is 11.6 Å². The van der Waals surface area contributed by atoms with E-state index in [0.717, 1.165) is 39.9 Å². The molecule has 0 saturated heterocycles. The monoisotopic (exact) mass is 459 g/mol. The first kappa shape index (κ1) is 22.8. The first-order valence-electron chi connectivity index (χ1n) is 8.53. The van der Waals surface area contributed by atoms with Crippen LogP contribution in [-0.2, 0) is 11.5 Å². The number of thioether (sulfide) groups is 2. The Labute approximate surface area is 181 Å². The van der Waals surface area contributed by atoms with Crippen LogP contribution >= 0.6 is 46.5 Å². The molecule has 7 nitrogen and oxygen atoms in total. The third kappa shape index (κ3) is 9.13. The van der Waals surface area contributed by atoms with E-state index >= 15 is 0 Å². The molecule has 2 aromatic heterocycles. The Kier molecular flexibility index (Phi) is 10.5. The van der Waals surface area contributed by atoms with Crippen LogP contribution in [0.5, 0.6) is 0 Å². The Balaban J connectivity index is 1.62. The van der Waals surface area contributed by atoms with Crippen LogP contribution in [0.15, 0.2) is 35.7 Å². The van der Waals surface area contributed by atoms with Crippen LogP contribution in [-0.4, -0.2) is 39.5 Å². The molecule has 2 aromatic rings. The van der Waals surface area contributed by atoms with Crippen molar-refractivity contribution in [3.05, 3.63) is 67.3 Å². The second-order valence-corrected chi connectivity index (χ2v) is 9.16. The summed E-state index contributed by atoms with van der Waals surface area (Å²) in [4.78, 5) is 19.0. The van der Waals surface area contributed by atoms with Crippen molar-refractivity contribution in [3.8, 4) is 0 Å². The van der Waals surface area contributed by atoms with Crippen LogP contribution < -0.4 is 10.6 Å². The molecule has 0 unspecified atom stereocenters. The Hall–Kier alpha value is -1.49. The first-order valence-corrected chi connectivity index (χ1v) is 12.1. The van der Waals surface area contributed by atoms with Gasteiger partial charge in [0.25, 0.3) is 6.20 Å². The van der Waals surface area contributed by atoms with Crippen LogP contribution in [0.3, 0.4) is 0 Å². The fraction of sp³-hybridized carbons (Fsp3) is 0.412. The number of pyridine rings is 1. The molecule has 0 saturated carbocycles. The minimum absolute atomic E-state index is 0.423. The molecule has 0 fully saturated rings. The second-order valence-electron chi connectivity index (χ2n) is 5.60. The predicted molar refractivity (Wildman–Crippen MR) is 120 cm³/mol. The van der Waals surface area contributed by atoms with Crippen molar-refractivity contribution in [2.24, 2.45) is 0 Å². The average molecular weight is 460 g/mol. The zero-order valence-electron chi connectivity index (χ0n) is 15.4. The van der Waals surface area contributed by atoms with E-state index in [-0.39, 0.29) is 0 Å². The molecule has 2 heterocycles. The summed E-state index contributed by atoms with van der Waals surface area (Å²) in [5.41, 5.74) is 1.89. The molecular weight excluding hydrogens is 438 g/mol. The van der Waals surface area contributed by atoms with Gasteiger partial charge in [-0.25, -0.2) is 4.98 Å². The van der Waals surface area contributed by atoms with Crippen LogP contribution in [0.2, 0.25) is 5.02 Å². The summed E-state index contributed by atoms with van der Waals surface area (Å²) in [5.74, 6) is 3.60. The quantitative estimate of drug-likeness (QED) is 0.264. The summed E-state index contributed by atoms with van der Waals surface area (Å²) in [5, 5.41) is 20.8. The van der Waals surface area contributed by atoms with Gasteiger partial charge in [-0.05, 0) is 19.1 Å². The Morgan fingerprint density at radius 1 is 1.32 bits per heavy atom. The number of rotatable bonds is 13. The zero-order chi connectivity index (χ0) is 20.2. The highest BCUT2D eigenvalue weighted by molar-refractivity contribution is 7.98. The van der Waals surface area contributed by atoms with Crippen molar-refractivity contribution in [3.63, 3.8) is 0 Å². The second kappa shape index (κ2) is 12.9. The maximum Gasteiger partial charge on any atom is 0.274 e. The summed E-state index contributed by atoms with van der Waals surface area (Å²) >= 11 is 11.2. The van der Waals surface area contributed by atoms with Gasteiger partial charge in [0, 0.05) is 53.4 Å². The van der Waals surface area contributed by atoms with Gasteiger partial charge < -0.3 is 10.6 Å². The number of hydrogen-bond donors (Lipinski definition) is 2. The minimum Gasteiger partial charge on any atom is -0.366 e. The summed E-state index contributed by atoms with van der Waals surface area (Å²) in [7, 11) is 0. The lowest BCUT2D eigenvalue weighted by atomic mass is 10.4. The lowest BCUT2D eigenvalue weighted by Gasteiger charge is -2.11. The summed E-state index contributed by atoms with van der Waals surface area (Å²) in [6.07, 6.45) is 2.69. The van der Waals surface area contributed by atoms with E-state index in [1.54, 1.807) is 47.1 Å². The number of hydrogen-bond acceptors (Lipinski definition) is 9. The number of thiazole rings is 1. The van der Waals surface area contributed by atoms with E-state index in [9.17, 15) is 10.1 Å². The number of aromatic nitrogens is 2. The smallest absolute Gasteiger partial charge is 0.274 e. The van der Waals surface area contributed by atoms with Gasteiger partial charge in [-0.15, -0.1) is 11.3 Å². The maximum absolute atomic E-state index is 10.8. The van der Waals surface area contributed by atoms with Crippen LogP contribution in [0, 0.1) is 17.0 Å². The van der Waals surface area contributed by atoms with Crippen molar-refractivity contribution >= 4 is 46.5 Å². The molecule has 0 spiro atoms. The van der Waals surface area contributed by atoms with E-state index < -0.39 is 4.92 Å². The van der Waals surface area contributed by atoms with E-state index in [1.807, 2.05) is 18.4 Å². The fourth-order valence-corrected chi connectivity index (χ4v) is 4.89. The molecule has 0 aliphatic rings. The third-order valence-electron chi connectivity index (χ3n) is 3.32. The predicted octanol–water partition coefficient (Wildman–Crippen LogP) is 3.92. The highest BCUT2D eigenvalue weighted by atomic mass is 35.5. The molecule has 0 aromatic carbocycles. The molecule has 11 heteroatoms. The molecule has 152 valence electrons. The average Bonchev–Trinajstić information content (AvgIpc) is 3.07. The molecule has 2 N–H and O–H groups in total. The van der Waals surface area contributed by atoms with Gasteiger partial charge in [-0.3, -0.25) is 15.1 Å². The van der Waals surface area contributed by atoms with E-state index in [0.29, 0.717) is 29.7 Å². The highest BCUT2D eigenvalue weighted by Crippen LogP contribution is 2.18. The van der Waals surface area contributed by atoms with Crippen LogP contribution in [0.4, 0.5) is 0 Å². The van der Waals surface area contributed by atoms with Gasteiger partial charge in [0.1, 0.15) is 5.01 Å². The number of aryl methyl sites for hydroxylation is 1. The topological polar surface area (TPSA) is 93.0 Å². The van der Waals surface area contributed by atoms with Gasteiger partial charge in [0.2, 0.25) is 0 Å².